The highest BCUT2D eigenvalue weighted by atomic mass is 32.1. The number of amides is 3. The van der Waals surface area contributed by atoms with E-state index >= 15 is 0 Å². The summed E-state index contributed by atoms with van der Waals surface area (Å²) in [6.07, 6.45) is -0.812. The molecule has 3 atom stereocenters. The van der Waals surface area contributed by atoms with Gasteiger partial charge in [0.25, 0.3) is 0 Å². The molecule has 0 aliphatic carbocycles. The molecule has 0 rings (SSSR count). The molecule has 0 spiro atoms. The number of hydrogen-bond acceptors (Lipinski definition) is 7. The van der Waals surface area contributed by atoms with E-state index in [9.17, 15) is 24.0 Å². The summed E-state index contributed by atoms with van der Waals surface area (Å²) in [5, 5.41) is 24.0. The molecular formula is C12H20N4O7S. The smallest absolute Gasteiger partial charge is 0.326 e. The fraction of sp³-hybridized carbons (Fsp3) is 0.583. The summed E-state index contributed by atoms with van der Waals surface area (Å²) >= 11 is 3.90. The third kappa shape index (κ3) is 7.78. The van der Waals surface area contributed by atoms with Gasteiger partial charge in [0.2, 0.25) is 17.7 Å². The highest BCUT2D eigenvalue weighted by Gasteiger charge is 2.27. The summed E-state index contributed by atoms with van der Waals surface area (Å²) in [5.74, 6) is -5.18. The maximum atomic E-state index is 11.9. The maximum absolute atomic E-state index is 11.9. The van der Waals surface area contributed by atoms with Crippen LogP contribution in [0.25, 0.3) is 0 Å². The van der Waals surface area contributed by atoms with Gasteiger partial charge >= 0.3 is 11.9 Å². The first-order chi connectivity index (χ1) is 11.1. The first-order valence-corrected chi connectivity index (χ1v) is 7.41. The first-order valence-electron chi connectivity index (χ1n) is 6.78. The standard InChI is InChI=1S/C12H20N4O7S/c1-5(10(20)16-6(12(22)23)2-9(18)19)14-11(21)7(4-24)15-8(17)3-13/h5-7,24H,2-4,13H2,1H3,(H,14,21)(H,15,17)(H,16,20)(H,18,19)(H,22,23). The number of aliphatic carboxylic acids is 2. The van der Waals surface area contributed by atoms with Crippen LogP contribution in [-0.2, 0) is 24.0 Å². The van der Waals surface area contributed by atoms with E-state index in [-0.39, 0.29) is 12.3 Å². The number of carbonyl (C=O) groups is 5. The van der Waals surface area contributed by atoms with Crippen LogP contribution in [0, 0.1) is 0 Å². The van der Waals surface area contributed by atoms with Crippen molar-refractivity contribution in [3.05, 3.63) is 0 Å². The number of carboxylic acids is 2. The van der Waals surface area contributed by atoms with E-state index in [4.69, 9.17) is 15.9 Å². The maximum Gasteiger partial charge on any atom is 0.326 e. The Balaban J connectivity index is 4.71. The van der Waals surface area contributed by atoms with Crippen molar-refractivity contribution in [3.8, 4) is 0 Å². The van der Waals surface area contributed by atoms with Gasteiger partial charge in [-0.25, -0.2) is 4.79 Å². The van der Waals surface area contributed by atoms with E-state index in [0.29, 0.717) is 0 Å². The number of thiol groups is 1. The molecule has 0 fully saturated rings. The monoisotopic (exact) mass is 364 g/mol. The van der Waals surface area contributed by atoms with E-state index in [0.717, 1.165) is 0 Å². The van der Waals surface area contributed by atoms with E-state index < -0.39 is 54.2 Å². The second-order valence-electron chi connectivity index (χ2n) is 4.73. The van der Waals surface area contributed by atoms with Crippen LogP contribution >= 0.6 is 12.6 Å². The zero-order valence-electron chi connectivity index (χ0n) is 12.8. The molecule has 0 aliphatic heterocycles. The third-order valence-corrected chi connectivity index (χ3v) is 3.13. The molecule has 3 amide bonds. The van der Waals surface area contributed by atoms with Gasteiger partial charge in [-0.2, -0.15) is 12.6 Å². The quantitative estimate of drug-likeness (QED) is 0.198. The van der Waals surface area contributed by atoms with Crippen molar-refractivity contribution in [2.75, 3.05) is 12.3 Å². The molecule has 0 saturated heterocycles. The Hall–Kier alpha value is -2.34. The molecule has 7 N–H and O–H groups in total. The molecule has 0 aromatic rings. The van der Waals surface area contributed by atoms with E-state index in [1.807, 2.05) is 5.32 Å². The number of hydrogen-bond donors (Lipinski definition) is 7. The summed E-state index contributed by atoms with van der Waals surface area (Å²) in [6, 6.07) is -3.83. The molecule has 0 aliphatic rings. The molecule has 0 aromatic carbocycles. The predicted octanol–water partition coefficient (Wildman–Crippen LogP) is -3.09. The van der Waals surface area contributed by atoms with Gasteiger partial charge in [0.05, 0.1) is 13.0 Å². The minimum Gasteiger partial charge on any atom is -0.481 e. The Morgan fingerprint density at radius 1 is 1.00 bits per heavy atom. The van der Waals surface area contributed by atoms with Crippen molar-refractivity contribution < 1.29 is 34.2 Å². The van der Waals surface area contributed by atoms with Gasteiger partial charge in [0, 0.05) is 5.75 Å². The van der Waals surface area contributed by atoms with Crippen molar-refractivity contribution in [2.45, 2.75) is 31.5 Å². The minimum absolute atomic E-state index is 0.0529. The van der Waals surface area contributed by atoms with Crippen molar-refractivity contribution >= 4 is 42.3 Å². The van der Waals surface area contributed by atoms with Gasteiger partial charge in [-0.15, -0.1) is 0 Å². The van der Waals surface area contributed by atoms with Crippen molar-refractivity contribution in [1.29, 1.82) is 0 Å². The SMILES string of the molecule is CC(NC(=O)C(CS)NC(=O)CN)C(=O)NC(CC(=O)O)C(=O)O. The Morgan fingerprint density at radius 3 is 2.00 bits per heavy atom. The molecule has 0 bridgehead atoms. The molecule has 0 saturated carbocycles. The fourth-order valence-corrected chi connectivity index (χ4v) is 1.76. The molecule has 136 valence electrons. The summed E-state index contributed by atoms with van der Waals surface area (Å²) in [5.41, 5.74) is 5.11. The topological polar surface area (TPSA) is 188 Å². The van der Waals surface area contributed by atoms with Crippen molar-refractivity contribution in [1.82, 2.24) is 16.0 Å². The van der Waals surface area contributed by atoms with Crippen molar-refractivity contribution in [2.24, 2.45) is 5.73 Å². The zero-order valence-corrected chi connectivity index (χ0v) is 13.7. The Labute approximate surface area is 142 Å². The Morgan fingerprint density at radius 2 is 1.58 bits per heavy atom. The highest BCUT2D eigenvalue weighted by molar-refractivity contribution is 7.80. The number of nitrogens with one attached hydrogen (secondary N) is 3. The molecule has 0 radical (unpaired) electrons. The summed E-state index contributed by atoms with van der Waals surface area (Å²) in [6.45, 7) is 0.941. The van der Waals surface area contributed by atoms with E-state index in [1.165, 1.54) is 6.92 Å². The molecule has 24 heavy (non-hydrogen) atoms. The van der Waals surface area contributed by atoms with Gasteiger partial charge in [0.1, 0.15) is 18.1 Å². The second kappa shape index (κ2) is 10.4. The van der Waals surface area contributed by atoms with Crippen LogP contribution in [0.2, 0.25) is 0 Å². The van der Waals surface area contributed by atoms with Crippen LogP contribution in [0.1, 0.15) is 13.3 Å². The lowest BCUT2D eigenvalue weighted by Gasteiger charge is -2.21. The average Bonchev–Trinajstić information content (AvgIpc) is 2.50. The molecule has 3 unspecified atom stereocenters. The lowest BCUT2D eigenvalue weighted by molar-refractivity contribution is -0.147. The van der Waals surface area contributed by atoms with Gasteiger partial charge in [-0.3, -0.25) is 19.2 Å². The minimum atomic E-state index is -1.63. The number of nitrogens with two attached hydrogens (primary N) is 1. The first kappa shape index (κ1) is 21.7. The zero-order chi connectivity index (χ0) is 18.9. The molecule has 0 aromatic heterocycles. The highest BCUT2D eigenvalue weighted by Crippen LogP contribution is 1.96. The van der Waals surface area contributed by atoms with Gasteiger partial charge < -0.3 is 31.9 Å². The van der Waals surface area contributed by atoms with Crippen LogP contribution in [0.5, 0.6) is 0 Å². The normalized spacial score (nSPS) is 14.0. The lowest BCUT2D eigenvalue weighted by Crippen LogP contribution is -2.56. The largest absolute Gasteiger partial charge is 0.481 e. The number of carbonyl (C=O) groups excluding carboxylic acids is 3. The van der Waals surface area contributed by atoms with Crippen LogP contribution < -0.4 is 21.7 Å². The second-order valence-corrected chi connectivity index (χ2v) is 5.10. The van der Waals surface area contributed by atoms with Gasteiger partial charge in [-0.05, 0) is 6.92 Å². The van der Waals surface area contributed by atoms with E-state index in [2.05, 4.69) is 23.3 Å². The summed E-state index contributed by atoms with van der Waals surface area (Å²) in [7, 11) is 0. The summed E-state index contributed by atoms with van der Waals surface area (Å²) in [4.78, 5) is 56.4. The fourth-order valence-electron chi connectivity index (χ4n) is 1.50. The van der Waals surface area contributed by atoms with Crippen LogP contribution in [-0.4, -0.2) is 70.3 Å². The Kier molecular flexibility index (Phi) is 9.42. The van der Waals surface area contributed by atoms with Crippen molar-refractivity contribution in [3.63, 3.8) is 0 Å². The average molecular weight is 364 g/mol. The molecule has 0 heterocycles. The molecule has 12 heteroatoms. The van der Waals surface area contributed by atoms with Crippen LogP contribution in [0.15, 0.2) is 0 Å². The number of carboxylic acid groups (broad SMARTS) is 2. The van der Waals surface area contributed by atoms with E-state index in [1.54, 1.807) is 0 Å². The number of rotatable bonds is 10. The van der Waals surface area contributed by atoms with Crippen LogP contribution in [0.3, 0.4) is 0 Å². The molecule has 11 nitrogen and oxygen atoms in total. The molecular weight excluding hydrogens is 344 g/mol. The van der Waals surface area contributed by atoms with Gasteiger partial charge in [-0.1, -0.05) is 0 Å². The lowest BCUT2D eigenvalue weighted by atomic mass is 10.2. The Bertz CT molecular complexity index is 514. The third-order valence-electron chi connectivity index (χ3n) is 2.77. The summed E-state index contributed by atoms with van der Waals surface area (Å²) < 4.78 is 0. The van der Waals surface area contributed by atoms with Crippen LogP contribution in [0.4, 0.5) is 0 Å². The van der Waals surface area contributed by atoms with Gasteiger partial charge in [0.15, 0.2) is 0 Å². The predicted molar refractivity (Wildman–Crippen MR) is 84.3 cm³/mol.